The molecule has 0 heterocycles. The molecule has 4 N–H and O–H groups in total. The van der Waals surface area contributed by atoms with Crippen molar-refractivity contribution in [2.45, 2.75) is 31.8 Å². The zero-order valence-electron chi connectivity index (χ0n) is 11.7. The van der Waals surface area contributed by atoms with Crippen LogP contribution < -0.4 is 16.0 Å². The normalized spacial score (nSPS) is 15.4. The quantitative estimate of drug-likeness (QED) is 0.744. The molecule has 5 nitrogen and oxygen atoms in total. The Bertz CT molecular complexity index is 547. The molecule has 3 amide bonds. The van der Waals surface area contributed by atoms with Gasteiger partial charge in [-0.2, -0.15) is 0 Å². The minimum atomic E-state index is -0.916. The van der Waals surface area contributed by atoms with Crippen molar-refractivity contribution >= 4 is 11.9 Å². The minimum absolute atomic E-state index is 0.0260. The summed E-state index contributed by atoms with van der Waals surface area (Å²) in [5, 5.41) is 6.51. The lowest BCUT2D eigenvalue weighted by molar-refractivity contribution is -0.682. The maximum absolute atomic E-state index is 13.1. The van der Waals surface area contributed by atoms with E-state index in [-0.39, 0.29) is 18.6 Å². The van der Waals surface area contributed by atoms with E-state index in [0.717, 1.165) is 25.0 Å². The molecule has 1 aromatic carbocycles. The molecule has 0 spiro atoms. The number of amides is 3. The van der Waals surface area contributed by atoms with Crippen LogP contribution >= 0.6 is 0 Å². The van der Waals surface area contributed by atoms with Crippen molar-refractivity contribution in [3.63, 3.8) is 0 Å². The molecule has 21 heavy (non-hydrogen) atoms. The second-order valence-corrected chi connectivity index (χ2v) is 5.20. The molecule has 1 aliphatic rings. The molecule has 1 atom stereocenters. The molecule has 1 fully saturated rings. The summed E-state index contributed by atoms with van der Waals surface area (Å²) in [6.07, 6.45) is 1.89. The number of carbonyl (C=O) groups is 2. The second kappa shape index (κ2) is 6.62. The van der Waals surface area contributed by atoms with Crippen LogP contribution in [0.15, 0.2) is 18.2 Å². The number of imide groups is 1. The first-order valence-electron chi connectivity index (χ1n) is 6.84. The van der Waals surface area contributed by atoms with Crippen LogP contribution in [-0.2, 0) is 4.79 Å². The molecule has 2 rings (SSSR count). The number of benzene rings is 1. The van der Waals surface area contributed by atoms with Gasteiger partial charge in [-0.1, -0.05) is 0 Å². The summed E-state index contributed by atoms with van der Waals surface area (Å²) in [7, 11) is 0. The van der Waals surface area contributed by atoms with E-state index in [1.165, 1.54) is 6.07 Å². The second-order valence-electron chi connectivity index (χ2n) is 5.20. The highest BCUT2D eigenvalue weighted by atomic mass is 19.2. The minimum Gasteiger partial charge on any atom is -0.335 e. The number of urea groups is 1. The maximum atomic E-state index is 13.1. The van der Waals surface area contributed by atoms with Crippen molar-refractivity contribution < 1.29 is 23.7 Å². The summed E-state index contributed by atoms with van der Waals surface area (Å²) < 4.78 is 26.0. The van der Waals surface area contributed by atoms with Gasteiger partial charge in [0.2, 0.25) is 0 Å². The molecular weight excluding hydrogens is 280 g/mol. The molecule has 0 radical (unpaired) electrons. The number of nitrogens with one attached hydrogen (secondary N) is 2. The van der Waals surface area contributed by atoms with Gasteiger partial charge in [0.15, 0.2) is 18.2 Å². The van der Waals surface area contributed by atoms with Gasteiger partial charge in [0.1, 0.15) is 6.04 Å². The van der Waals surface area contributed by atoms with Gasteiger partial charge in [0.05, 0.1) is 0 Å². The molecule has 1 aromatic rings. The summed E-state index contributed by atoms with van der Waals surface area (Å²) in [6, 6.07) is 3.10. The SMILES string of the molecule is C[C@H]([NH2+]CC(=O)NC(=O)NC1CC1)c1ccc(F)c(F)c1. The molecule has 1 aliphatic carbocycles. The predicted octanol–water partition coefficient (Wildman–Crippen LogP) is 0.577. The number of hydrogen-bond acceptors (Lipinski definition) is 2. The number of rotatable bonds is 5. The number of halogens is 2. The third-order valence-electron chi connectivity index (χ3n) is 3.29. The van der Waals surface area contributed by atoms with E-state index in [0.29, 0.717) is 5.56 Å². The van der Waals surface area contributed by atoms with E-state index in [2.05, 4.69) is 10.6 Å². The zero-order chi connectivity index (χ0) is 15.4. The van der Waals surface area contributed by atoms with Crippen molar-refractivity contribution in [1.82, 2.24) is 10.6 Å². The number of carbonyl (C=O) groups excluding carboxylic acids is 2. The lowest BCUT2D eigenvalue weighted by Gasteiger charge is -2.11. The van der Waals surface area contributed by atoms with Gasteiger partial charge in [0.25, 0.3) is 5.91 Å². The van der Waals surface area contributed by atoms with Crippen LogP contribution in [0, 0.1) is 11.6 Å². The lowest BCUT2D eigenvalue weighted by Crippen LogP contribution is -2.87. The van der Waals surface area contributed by atoms with Crippen LogP contribution in [0.2, 0.25) is 0 Å². The Morgan fingerprint density at radius 1 is 1.33 bits per heavy atom. The van der Waals surface area contributed by atoms with Crippen LogP contribution in [0.3, 0.4) is 0 Å². The van der Waals surface area contributed by atoms with Gasteiger partial charge in [-0.25, -0.2) is 13.6 Å². The first-order valence-corrected chi connectivity index (χ1v) is 6.84. The van der Waals surface area contributed by atoms with E-state index in [4.69, 9.17) is 0 Å². The number of hydrogen-bond donors (Lipinski definition) is 3. The van der Waals surface area contributed by atoms with E-state index < -0.39 is 23.6 Å². The highest BCUT2D eigenvalue weighted by Crippen LogP contribution is 2.18. The third kappa shape index (κ3) is 4.78. The Morgan fingerprint density at radius 2 is 2.05 bits per heavy atom. The van der Waals surface area contributed by atoms with Gasteiger partial charge in [-0.3, -0.25) is 10.1 Å². The fourth-order valence-electron chi connectivity index (χ4n) is 1.84. The Hall–Kier alpha value is -2.02. The molecule has 0 aliphatic heterocycles. The van der Waals surface area contributed by atoms with Crippen LogP contribution in [0.1, 0.15) is 31.4 Å². The Morgan fingerprint density at radius 3 is 2.67 bits per heavy atom. The zero-order valence-corrected chi connectivity index (χ0v) is 11.7. The fourth-order valence-corrected chi connectivity index (χ4v) is 1.84. The maximum Gasteiger partial charge on any atom is 0.321 e. The van der Waals surface area contributed by atoms with Crippen LogP contribution in [0.25, 0.3) is 0 Å². The largest absolute Gasteiger partial charge is 0.335 e. The first kappa shape index (κ1) is 15.4. The Labute approximate surface area is 121 Å². The van der Waals surface area contributed by atoms with Gasteiger partial charge < -0.3 is 10.6 Å². The molecule has 0 unspecified atom stereocenters. The summed E-state index contributed by atoms with van der Waals surface area (Å²) >= 11 is 0. The average molecular weight is 298 g/mol. The van der Waals surface area contributed by atoms with Crippen LogP contribution in [-0.4, -0.2) is 24.5 Å². The summed E-state index contributed by atoms with van der Waals surface area (Å²) in [5.74, 6) is -2.25. The van der Waals surface area contributed by atoms with E-state index in [1.807, 2.05) is 0 Å². The Kier molecular flexibility index (Phi) is 4.85. The van der Waals surface area contributed by atoms with E-state index in [1.54, 1.807) is 12.2 Å². The predicted molar refractivity (Wildman–Crippen MR) is 71.3 cm³/mol. The van der Waals surface area contributed by atoms with Crippen LogP contribution in [0.4, 0.5) is 13.6 Å². The Balaban J connectivity index is 1.76. The monoisotopic (exact) mass is 298 g/mol. The van der Waals surface area contributed by atoms with Crippen molar-refractivity contribution in [1.29, 1.82) is 0 Å². The molecule has 0 aromatic heterocycles. The number of nitrogens with two attached hydrogens (primary N) is 1. The molecule has 0 bridgehead atoms. The molecule has 7 heteroatoms. The molecule has 114 valence electrons. The number of quaternary nitrogens is 1. The van der Waals surface area contributed by atoms with Crippen molar-refractivity contribution in [3.8, 4) is 0 Å². The highest BCUT2D eigenvalue weighted by Gasteiger charge is 2.24. The first-order chi connectivity index (χ1) is 9.95. The fraction of sp³-hybridized carbons (Fsp3) is 0.429. The molecular formula is C14H18F2N3O2+. The average Bonchev–Trinajstić information content (AvgIpc) is 3.22. The van der Waals surface area contributed by atoms with Crippen molar-refractivity contribution in [2.75, 3.05) is 6.54 Å². The third-order valence-corrected chi connectivity index (χ3v) is 3.29. The summed E-state index contributed by atoms with van der Waals surface area (Å²) in [6.45, 7) is 1.79. The van der Waals surface area contributed by atoms with Crippen LogP contribution in [0.5, 0.6) is 0 Å². The summed E-state index contributed by atoms with van der Waals surface area (Å²) in [5.41, 5.74) is 0.573. The van der Waals surface area contributed by atoms with Gasteiger partial charge in [-0.15, -0.1) is 0 Å². The standard InChI is InChI=1S/C14H17F2N3O2/c1-8(9-2-5-11(15)12(16)6-9)17-7-13(20)19-14(21)18-10-3-4-10/h2,5-6,8,10,17H,3-4,7H2,1H3,(H2,18,19,20,21)/p+1/t8-/m0/s1. The lowest BCUT2D eigenvalue weighted by atomic mass is 10.1. The van der Waals surface area contributed by atoms with E-state index in [9.17, 15) is 18.4 Å². The molecule has 1 saturated carbocycles. The summed E-state index contributed by atoms with van der Waals surface area (Å²) in [4.78, 5) is 22.9. The smallest absolute Gasteiger partial charge is 0.321 e. The molecule has 0 saturated heterocycles. The highest BCUT2D eigenvalue weighted by molar-refractivity contribution is 5.94. The topological polar surface area (TPSA) is 74.8 Å². The van der Waals surface area contributed by atoms with Gasteiger partial charge in [0, 0.05) is 11.6 Å². The van der Waals surface area contributed by atoms with E-state index >= 15 is 0 Å². The van der Waals surface area contributed by atoms with Gasteiger partial charge >= 0.3 is 6.03 Å². The van der Waals surface area contributed by atoms with Crippen molar-refractivity contribution in [2.24, 2.45) is 0 Å². The van der Waals surface area contributed by atoms with Gasteiger partial charge in [-0.05, 0) is 38.0 Å². The van der Waals surface area contributed by atoms with Crippen molar-refractivity contribution in [3.05, 3.63) is 35.4 Å².